The molecule has 0 aliphatic heterocycles. The molecule has 7 rings (SSSR count). The molecule has 10 heteroatoms. The first-order valence-corrected chi connectivity index (χ1v) is 15.6. The van der Waals surface area contributed by atoms with Crippen LogP contribution in [0.25, 0.3) is 65.3 Å². The van der Waals surface area contributed by atoms with Gasteiger partial charge in [0.2, 0.25) is 0 Å². The molecule has 0 unspecified atom stereocenters. The number of aryl methyl sites for hydroxylation is 2. The van der Waals surface area contributed by atoms with Crippen molar-refractivity contribution in [2.24, 2.45) is 0 Å². The highest BCUT2D eigenvalue weighted by molar-refractivity contribution is 6.11. The molecule has 0 atom stereocenters. The molecule has 2 aliphatic rings. The van der Waals surface area contributed by atoms with E-state index in [1.54, 1.807) is 12.1 Å². The Labute approximate surface area is 294 Å². The van der Waals surface area contributed by atoms with Gasteiger partial charge in [-0.25, -0.2) is 20.2 Å². The summed E-state index contributed by atoms with van der Waals surface area (Å²) in [5.41, 5.74) is 5.04. The average Bonchev–Trinajstić information content (AvgIpc) is 3.58. The maximum Gasteiger partial charge on any atom is 0.416 e. The van der Waals surface area contributed by atoms with Crippen LogP contribution < -0.4 is 0 Å². The van der Waals surface area contributed by atoms with Crippen molar-refractivity contribution in [2.45, 2.75) is 26.2 Å². The third kappa shape index (κ3) is 5.39. The van der Waals surface area contributed by atoms with Crippen LogP contribution in [0.4, 0.5) is 26.3 Å². The Bertz CT molecular complexity index is 2580. The highest BCUT2D eigenvalue weighted by atomic mass is 19.4. The highest BCUT2D eigenvalue weighted by Gasteiger charge is 2.38. The first-order valence-electron chi connectivity index (χ1n) is 15.6. The lowest BCUT2D eigenvalue weighted by atomic mass is 9.94. The Balaban J connectivity index is 1.46. The summed E-state index contributed by atoms with van der Waals surface area (Å²) in [4.78, 5) is 6.96. The van der Waals surface area contributed by atoms with Gasteiger partial charge in [0.15, 0.2) is 0 Å². The highest BCUT2D eigenvalue weighted by Crippen LogP contribution is 2.54. The van der Waals surface area contributed by atoms with Crippen LogP contribution in [0.5, 0.6) is 0 Å². The van der Waals surface area contributed by atoms with Crippen molar-refractivity contribution < 1.29 is 26.3 Å². The number of hydrogen-bond donors (Lipinski definition) is 0. The van der Waals surface area contributed by atoms with Crippen LogP contribution in [0.3, 0.4) is 0 Å². The van der Waals surface area contributed by atoms with Crippen molar-refractivity contribution in [2.75, 3.05) is 0 Å². The topological polar surface area (TPSA) is 56.3 Å². The van der Waals surface area contributed by atoms with Crippen LogP contribution >= 0.6 is 0 Å². The standard InChI is InChI=1S/C42H20F6N4/c1-21-9-22(2)11-25(10-21)23-5-7-29-31-17-36-32(18-35(31)39(33(29)14-23)37(19-49)51-3)30-8-6-24(15-34(30)40(36)38(20-50)52-4)26-12-27(41(43,44)45)16-28(13-26)42(46,47)48/h5-18H,1-2H3/b39-37+,40-38-. The van der Waals surface area contributed by atoms with Crippen LogP contribution in [-0.2, 0) is 12.4 Å². The minimum atomic E-state index is -5.05. The van der Waals surface area contributed by atoms with Gasteiger partial charge in [-0.3, -0.25) is 0 Å². The molecule has 0 aromatic heterocycles. The second-order valence-electron chi connectivity index (χ2n) is 12.5. The number of benzene rings is 5. The second-order valence-corrected chi connectivity index (χ2v) is 12.5. The number of fused-ring (bicyclic) bond motifs is 6. The van der Waals surface area contributed by atoms with E-state index in [1.807, 2.05) is 56.3 Å². The fourth-order valence-corrected chi connectivity index (χ4v) is 7.13. The quantitative estimate of drug-likeness (QED) is 0.103. The number of nitrogens with zero attached hydrogens (tertiary/aromatic N) is 4. The Hall–Kier alpha value is -6.88. The smallest absolute Gasteiger partial charge is 0.226 e. The van der Waals surface area contributed by atoms with Crippen molar-refractivity contribution in [1.29, 1.82) is 10.5 Å². The Morgan fingerprint density at radius 2 is 0.865 bits per heavy atom. The second kappa shape index (κ2) is 11.9. The molecule has 4 nitrogen and oxygen atoms in total. The fraction of sp³-hybridized carbons (Fsp3) is 0.0952. The zero-order valence-corrected chi connectivity index (χ0v) is 27.1. The van der Waals surface area contributed by atoms with E-state index in [4.69, 9.17) is 13.1 Å². The van der Waals surface area contributed by atoms with E-state index in [0.29, 0.717) is 56.6 Å². The van der Waals surface area contributed by atoms with Crippen molar-refractivity contribution in [3.63, 3.8) is 0 Å². The summed E-state index contributed by atoms with van der Waals surface area (Å²) in [6.07, 6.45) is -10.1. The molecular weight excluding hydrogens is 674 g/mol. The summed E-state index contributed by atoms with van der Waals surface area (Å²) in [5.74, 6) is 0. The third-order valence-electron chi connectivity index (χ3n) is 9.24. The summed E-state index contributed by atoms with van der Waals surface area (Å²) < 4.78 is 82.3. The van der Waals surface area contributed by atoms with Gasteiger partial charge in [-0.1, -0.05) is 53.6 Å². The van der Waals surface area contributed by atoms with E-state index in [-0.39, 0.29) is 39.7 Å². The Morgan fingerprint density at radius 1 is 0.481 bits per heavy atom. The van der Waals surface area contributed by atoms with Crippen LogP contribution in [0.1, 0.15) is 44.5 Å². The molecule has 0 N–H and O–H groups in total. The molecule has 0 heterocycles. The molecule has 2 aliphatic carbocycles. The zero-order chi connectivity index (χ0) is 37.3. The summed E-state index contributed by atoms with van der Waals surface area (Å²) in [6.45, 7) is 19.6. The molecule has 5 aromatic rings. The lowest BCUT2D eigenvalue weighted by Gasteiger charge is -2.15. The molecule has 0 fully saturated rings. The first-order chi connectivity index (χ1) is 24.7. The van der Waals surface area contributed by atoms with Gasteiger partial charge < -0.3 is 0 Å². The number of alkyl halides is 6. The van der Waals surface area contributed by atoms with Gasteiger partial charge in [0, 0.05) is 11.1 Å². The molecule has 0 saturated heterocycles. The van der Waals surface area contributed by atoms with E-state index >= 15 is 0 Å². The predicted octanol–water partition coefficient (Wildman–Crippen LogP) is 12.0. The molecule has 52 heavy (non-hydrogen) atoms. The van der Waals surface area contributed by atoms with E-state index < -0.39 is 23.5 Å². The van der Waals surface area contributed by atoms with Crippen molar-refractivity contribution in [3.05, 3.63) is 164 Å². The van der Waals surface area contributed by atoms with Gasteiger partial charge in [0.05, 0.1) is 36.4 Å². The molecule has 0 bridgehead atoms. The van der Waals surface area contributed by atoms with Crippen molar-refractivity contribution in [3.8, 4) is 56.6 Å². The predicted molar refractivity (Wildman–Crippen MR) is 184 cm³/mol. The van der Waals surface area contributed by atoms with Gasteiger partial charge in [-0.15, -0.1) is 0 Å². The van der Waals surface area contributed by atoms with E-state index in [0.717, 1.165) is 22.3 Å². The number of hydrogen-bond acceptors (Lipinski definition) is 2. The van der Waals surface area contributed by atoms with E-state index in [2.05, 4.69) is 15.8 Å². The number of allylic oxidation sites excluding steroid dienone is 2. The molecule has 0 amide bonds. The molecule has 5 aromatic carbocycles. The summed E-state index contributed by atoms with van der Waals surface area (Å²) in [6, 6.07) is 24.9. The molecule has 0 saturated carbocycles. The molecule has 0 spiro atoms. The maximum atomic E-state index is 13.7. The zero-order valence-electron chi connectivity index (χ0n) is 27.1. The molecular formula is C42H20F6N4. The third-order valence-corrected chi connectivity index (χ3v) is 9.24. The van der Waals surface area contributed by atoms with Crippen molar-refractivity contribution >= 4 is 11.1 Å². The molecule has 250 valence electrons. The monoisotopic (exact) mass is 694 g/mol. The van der Waals surface area contributed by atoms with Gasteiger partial charge in [0.1, 0.15) is 0 Å². The van der Waals surface area contributed by atoms with E-state index in [1.165, 1.54) is 18.2 Å². The Morgan fingerprint density at radius 3 is 1.23 bits per heavy atom. The van der Waals surface area contributed by atoms with Crippen LogP contribution in [0, 0.1) is 49.7 Å². The van der Waals surface area contributed by atoms with Crippen LogP contribution in [-0.4, -0.2) is 0 Å². The first kappa shape index (κ1) is 33.6. The van der Waals surface area contributed by atoms with Crippen molar-refractivity contribution in [1.82, 2.24) is 0 Å². The van der Waals surface area contributed by atoms with Gasteiger partial charge in [0.25, 0.3) is 11.4 Å². The van der Waals surface area contributed by atoms with Crippen LogP contribution in [0.15, 0.2) is 96.3 Å². The Kier molecular flexibility index (Phi) is 7.67. The molecule has 0 radical (unpaired) electrons. The summed E-state index contributed by atoms with van der Waals surface area (Å²) >= 11 is 0. The largest absolute Gasteiger partial charge is 0.416 e. The minimum Gasteiger partial charge on any atom is -0.226 e. The maximum absolute atomic E-state index is 13.7. The van der Waals surface area contributed by atoms with Crippen LogP contribution in [0.2, 0.25) is 0 Å². The minimum absolute atomic E-state index is 0.0140. The lowest BCUT2D eigenvalue weighted by Crippen LogP contribution is -2.11. The normalized spacial score (nSPS) is 14.5. The van der Waals surface area contributed by atoms with Gasteiger partial charge >= 0.3 is 12.4 Å². The SMILES string of the molecule is [C-]#[N+]/C(C#N)=C1/c2cc(-c3cc(C(F)(F)F)cc(C(F)(F)F)c3)ccc2-c2cc3c(cc21)-c1ccc(-c2cc(C)cc(C)c2)cc1/C3=C(/C#N)[N+]#[C-]. The van der Waals surface area contributed by atoms with E-state index in [9.17, 15) is 36.9 Å². The number of nitriles is 2. The number of halogens is 6. The lowest BCUT2D eigenvalue weighted by molar-refractivity contribution is -0.143. The summed E-state index contributed by atoms with van der Waals surface area (Å²) in [5, 5.41) is 20.1. The van der Waals surface area contributed by atoms with Gasteiger partial charge in [-0.05, 0) is 123 Å². The summed E-state index contributed by atoms with van der Waals surface area (Å²) in [7, 11) is 0. The fourth-order valence-electron chi connectivity index (χ4n) is 7.13. The average molecular weight is 695 g/mol. The number of rotatable bonds is 2. The van der Waals surface area contributed by atoms with Gasteiger partial charge in [-0.2, -0.15) is 26.3 Å².